The zero-order valence-electron chi connectivity index (χ0n) is 11.3. The first kappa shape index (κ1) is 14.5. The molecule has 0 amide bonds. The summed E-state index contributed by atoms with van der Waals surface area (Å²) in [6.45, 7) is 4.18. The Kier molecular flexibility index (Phi) is 5.62. The molecule has 0 radical (unpaired) electrons. The zero-order valence-corrected chi connectivity index (χ0v) is 11.3. The summed E-state index contributed by atoms with van der Waals surface area (Å²) in [6.07, 6.45) is 5.76. The fourth-order valence-electron chi connectivity index (χ4n) is 2.04. The van der Waals surface area contributed by atoms with Gasteiger partial charge in [0.25, 0.3) is 5.56 Å². The molecule has 0 unspecified atom stereocenters. The van der Waals surface area contributed by atoms with Gasteiger partial charge < -0.3 is 9.30 Å². The topological polar surface area (TPSA) is 48.3 Å². The zero-order chi connectivity index (χ0) is 13.5. The van der Waals surface area contributed by atoms with Gasteiger partial charge in [-0.15, -0.1) is 0 Å². The van der Waals surface area contributed by atoms with E-state index in [1.807, 2.05) is 0 Å². The van der Waals surface area contributed by atoms with Crippen LogP contribution in [-0.2, 0) is 4.74 Å². The molecule has 0 saturated carbocycles. The van der Waals surface area contributed by atoms with Crippen molar-refractivity contribution in [1.82, 2.24) is 4.57 Å². The quantitative estimate of drug-likeness (QED) is 0.730. The number of esters is 1. The Balaban J connectivity index is 3.08. The number of nitrogens with zero attached hydrogens (tertiary/aromatic N) is 1. The van der Waals surface area contributed by atoms with Crippen LogP contribution in [0.15, 0.2) is 23.1 Å². The van der Waals surface area contributed by atoms with Gasteiger partial charge in [0, 0.05) is 12.2 Å². The Morgan fingerprint density at radius 2 is 2.17 bits per heavy atom. The first-order valence-electron chi connectivity index (χ1n) is 6.45. The van der Waals surface area contributed by atoms with Gasteiger partial charge in [-0.3, -0.25) is 4.79 Å². The molecular formula is C14H21NO3. The van der Waals surface area contributed by atoms with Crippen molar-refractivity contribution in [1.29, 1.82) is 0 Å². The highest BCUT2D eigenvalue weighted by Crippen LogP contribution is 2.17. The van der Waals surface area contributed by atoms with Gasteiger partial charge in [0.2, 0.25) is 0 Å². The predicted octanol–water partition coefficient (Wildman–Crippen LogP) is 2.78. The summed E-state index contributed by atoms with van der Waals surface area (Å²) >= 11 is 0. The number of aromatic nitrogens is 1. The van der Waals surface area contributed by atoms with Crippen molar-refractivity contribution in [3.8, 4) is 0 Å². The van der Waals surface area contributed by atoms with E-state index >= 15 is 0 Å². The van der Waals surface area contributed by atoms with Gasteiger partial charge in [0.1, 0.15) is 5.56 Å². The van der Waals surface area contributed by atoms with Gasteiger partial charge in [0.15, 0.2) is 0 Å². The summed E-state index contributed by atoms with van der Waals surface area (Å²) in [5.74, 6) is -0.570. The molecule has 100 valence electrons. The third-order valence-electron chi connectivity index (χ3n) is 3.14. The molecule has 0 bridgehead atoms. The van der Waals surface area contributed by atoms with Gasteiger partial charge in [-0.05, 0) is 25.0 Å². The minimum Gasteiger partial charge on any atom is -0.465 e. The average molecular weight is 251 g/mol. The fourth-order valence-corrected chi connectivity index (χ4v) is 2.04. The van der Waals surface area contributed by atoms with Crippen molar-refractivity contribution < 1.29 is 9.53 Å². The van der Waals surface area contributed by atoms with Crippen LogP contribution in [0.1, 0.15) is 55.9 Å². The largest absolute Gasteiger partial charge is 0.465 e. The lowest BCUT2D eigenvalue weighted by Crippen LogP contribution is -2.29. The maximum atomic E-state index is 12.2. The number of hydrogen-bond donors (Lipinski definition) is 0. The normalized spacial score (nSPS) is 12.2. The van der Waals surface area contributed by atoms with Crippen LogP contribution in [0.5, 0.6) is 0 Å². The third kappa shape index (κ3) is 3.22. The van der Waals surface area contributed by atoms with Crippen molar-refractivity contribution in [3.63, 3.8) is 0 Å². The minimum absolute atomic E-state index is 0.106. The molecule has 4 heteroatoms. The number of carbonyl (C=O) groups is 1. The van der Waals surface area contributed by atoms with E-state index in [0.717, 1.165) is 25.7 Å². The third-order valence-corrected chi connectivity index (χ3v) is 3.14. The Bertz CT molecular complexity index is 451. The number of unbranched alkanes of at least 4 members (excludes halogenated alkanes) is 1. The molecule has 1 aromatic rings. The SMILES string of the molecule is CCCC[C@H](CC)n1cccc(C(=O)OC)c1=O. The first-order valence-corrected chi connectivity index (χ1v) is 6.45. The Hall–Kier alpha value is -1.58. The van der Waals surface area contributed by atoms with Crippen LogP contribution < -0.4 is 5.56 Å². The summed E-state index contributed by atoms with van der Waals surface area (Å²) < 4.78 is 6.27. The van der Waals surface area contributed by atoms with Crippen molar-refractivity contribution in [2.24, 2.45) is 0 Å². The Labute approximate surface area is 108 Å². The van der Waals surface area contributed by atoms with Crippen LogP contribution in [0.3, 0.4) is 0 Å². The first-order chi connectivity index (χ1) is 8.65. The second-order valence-electron chi connectivity index (χ2n) is 4.33. The maximum absolute atomic E-state index is 12.2. The van der Waals surface area contributed by atoms with Crippen LogP contribution in [0.4, 0.5) is 0 Å². The van der Waals surface area contributed by atoms with E-state index in [4.69, 9.17) is 0 Å². The van der Waals surface area contributed by atoms with E-state index in [2.05, 4.69) is 18.6 Å². The molecule has 1 heterocycles. The fraction of sp³-hybridized carbons (Fsp3) is 0.571. The molecule has 0 fully saturated rings. The van der Waals surface area contributed by atoms with Gasteiger partial charge in [0.05, 0.1) is 7.11 Å². The Morgan fingerprint density at radius 3 is 2.72 bits per heavy atom. The molecule has 0 aliphatic heterocycles. The van der Waals surface area contributed by atoms with E-state index in [9.17, 15) is 9.59 Å². The molecule has 18 heavy (non-hydrogen) atoms. The lowest BCUT2D eigenvalue weighted by Gasteiger charge is -2.18. The summed E-state index contributed by atoms with van der Waals surface area (Å²) in [5.41, 5.74) is -0.151. The monoisotopic (exact) mass is 251 g/mol. The predicted molar refractivity (Wildman–Crippen MR) is 70.9 cm³/mol. The number of methoxy groups -OCH3 is 1. The molecule has 4 nitrogen and oxygen atoms in total. The van der Waals surface area contributed by atoms with E-state index in [1.54, 1.807) is 16.8 Å². The highest BCUT2D eigenvalue weighted by molar-refractivity contribution is 5.88. The molecule has 0 spiro atoms. The maximum Gasteiger partial charge on any atom is 0.343 e. The van der Waals surface area contributed by atoms with Crippen molar-refractivity contribution in [2.45, 2.75) is 45.6 Å². The lowest BCUT2D eigenvalue weighted by molar-refractivity contribution is 0.0597. The van der Waals surface area contributed by atoms with Gasteiger partial charge in [-0.1, -0.05) is 26.7 Å². The van der Waals surface area contributed by atoms with Crippen LogP contribution >= 0.6 is 0 Å². The molecule has 1 atom stereocenters. The summed E-state index contributed by atoms with van der Waals surface area (Å²) in [5, 5.41) is 0. The molecule has 1 aromatic heterocycles. The number of hydrogen-bond acceptors (Lipinski definition) is 3. The van der Waals surface area contributed by atoms with E-state index in [1.165, 1.54) is 13.2 Å². The number of rotatable bonds is 6. The summed E-state index contributed by atoms with van der Waals surface area (Å²) in [6, 6.07) is 3.39. The van der Waals surface area contributed by atoms with Crippen molar-refractivity contribution in [3.05, 3.63) is 34.2 Å². The molecule has 0 aliphatic rings. The van der Waals surface area contributed by atoms with E-state index < -0.39 is 5.97 Å². The van der Waals surface area contributed by atoms with Crippen LogP contribution in [0.25, 0.3) is 0 Å². The molecular weight excluding hydrogens is 230 g/mol. The lowest BCUT2D eigenvalue weighted by atomic mass is 10.1. The average Bonchev–Trinajstić information content (AvgIpc) is 2.40. The van der Waals surface area contributed by atoms with Crippen molar-refractivity contribution >= 4 is 5.97 Å². The number of ether oxygens (including phenoxy) is 1. The summed E-state index contributed by atoms with van der Waals surface area (Å²) in [4.78, 5) is 23.7. The summed E-state index contributed by atoms with van der Waals surface area (Å²) in [7, 11) is 1.29. The van der Waals surface area contributed by atoms with Crippen molar-refractivity contribution in [2.75, 3.05) is 7.11 Å². The minimum atomic E-state index is -0.570. The smallest absolute Gasteiger partial charge is 0.343 e. The van der Waals surface area contributed by atoms with Crippen LogP contribution in [-0.4, -0.2) is 17.6 Å². The molecule has 1 rings (SSSR count). The molecule has 0 N–H and O–H groups in total. The van der Waals surface area contributed by atoms with Gasteiger partial charge in [-0.25, -0.2) is 4.79 Å². The van der Waals surface area contributed by atoms with Crippen LogP contribution in [0.2, 0.25) is 0 Å². The van der Waals surface area contributed by atoms with E-state index in [0.29, 0.717) is 0 Å². The highest BCUT2D eigenvalue weighted by Gasteiger charge is 2.16. The van der Waals surface area contributed by atoms with Crippen LogP contribution in [0, 0.1) is 0 Å². The van der Waals surface area contributed by atoms with Gasteiger partial charge >= 0.3 is 5.97 Å². The highest BCUT2D eigenvalue weighted by atomic mass is 16.5. The van der Waals surface area contributed by atoms with Gasteiger partial charge in [-0.2, -0.15) is 0 Å². The number of carbonyl (C=O) groups excluding carboxylic acids is 1. The number of pyridine rings is 1. The Morgan fingerprint density at radius 1 is 1.44 bits per heavy atom. The second-order valence-corrected chi connectivity index (χ2v) is 4.33. The standard InChI is InChI=1S/C14H21NO3/c1-4-6-8-11(5-2)15-10-7-9-12(13(15)16)14(17)18-3/h7,9-11H,4-6,8H2,1-3H3/t11-/m0/s1. The molecule has 0 aliphatic carbocycles. The second kappa shape index (κ2) is 6.99. The molecule has 0 aromatic carbocycles. The van der Waals surface area contributed by atoms with E-state index in [-0.39, 0.29) is 17.2 Å². The molecule has 0 saturated heterocycles.